The number of carbonyl (C=O) groups excluding carboxylic acids is 1. The first-order valence-electron chi connectivity index (χ1n) is 5.82. The van der Waals surface area contributed by atoms with Crippen molar-refractivity contribution in [2.75, 3.05) is 11.1 Å². The molecule has 0 spiro atoms. The summed E-state index contributed by atoms with van der Waals surface area (Å²) in [5.41, 5.74) is 8.39. The summed E-state index contributed by atoms with van der Waals surface area (Å²) in [7, 11) is 0. The molecule has 0 aliphatic heterocycles. The first-order chi connectivity index (χ1) is 9.22. The SMILES string of the molecule is Nc1ccc(NC(=O)c2ccc3cn[nH]c3c2)cc1. The fraction of sp³-hybridized carbons (Fsp3) is 0. The van der Waals surface area contributed by atoms with Crippen LogP contribution in [0.4, 0.5) is 11.4 Å². The Morgan fingerprint density at radius 2 is 1.95 bits per heavy atom. The van der Waals surface area contributed by atoms with Gasteiger partial charge in [0.15, 0.2) is 0 Å². The number of H-pyrrole nitrogens is 1. The van der Waals surface area contributed by atoms with Gasteiger partial charge in [-0.1, -0.05) is 6.07 Å². The van der Waals surface area contributed by atoms with Crippen LogP contribution in [0.2, 0.25) is 0 Å². The summed E-state index contributed by atoms with van der Waals surface area (Å²) < 4.78 is 0. The van der Waals surface area contributed by atoms with Crippen LogP contribution in [0.3, 0.4) is 0 Å². The Hall–Kier alpha value is -2.82. The predicted molar refractivity (Wildman–Crippen MR) is 74.9 cm³/mol. The fourth-order valence-electron chi connectivity index (χ4n) is 1.85. The zero-order chi connectivity index (χ0) is 13.2. The number of benzene rings is 2. The highest BCUT2D eigenvalue weighted by Gasteiger charge is 2.07. The normalized spacial score (nSPS) is 10.5. The lowest BCUT2D eigenvalue weighted by molar-refractivity contribution is 0.102. The molecule has 1 heterocycles. The summed E-state index contributed by atoms with van der Waals surface area (Å²) in [5, 5.41) is 10.6. The second kappa shape index (κ2) is 4.45. The molecule has 19 heavy (non-hydrogen) atoms. The molecule has 0 saturated carbocycles. The number of fused-ring (bicyclic) bond motifs is 1. The van der Waals surface area contributed by atoms with E-state index in [1.807, 2.05) is 6.07 Å². The van der Waals surface area contributed by atoms with Crippen molar-refractivity contribution in [2.45, 2.75) is 0 Å². The van der Waals surface area contributed by atoms with Gasteiger partial charge in [-0.15, -0.1) is 0 Å². The summed E-state index contributed by atoms with van der Waals surface area (Å²) in [6.45, 7) is 0. The number of anilines is 2. The minimum Gasteiger partial charge on any atom is -0.399 e. The van der Waals surface area contributed by atoms with Gasteiger partial charge in [0.1, 0.15) is 0 Å². The van der Waals surface area contributed by atoms with Crippen molar-refractivity contribution in [3.63, 3.8) is 0 Å². The van der Waals surface area contributed by atoms with Gasteiger partial charge in [0.2, 0.25) is 0 Å². The van der Waals surface area contributed by atoms with Crippen molar-refractivity contribution < 1.29 is 4.79 Å². The van der Waals surface area contributed by atoms with E-state index in [9.17, 15) is 4.79 Å². The number of nitrogens with one attached hydrogen (secondary N) is 2. The summed E-state index contributed by atoms with van der Waals surface area (Å²) in [6.07, 6.45) is 1.72. The van der Waals surface area contributed by atoms with Gasteiger partial charge in [0, 0.05) is 22.3 Å². The van der Waals surface area contributed by atoms with Crippen LogP contribution in [0.1, 0.15) is 10.4 Å². The van der Waals surface area contributed by atoms with Crippen LogP contribution >= 0.6 is 0 Å². The fourth-order valence-corrected chi connectivity index (χ4v) is 1.85. The highest BCUT2D eigenvalue weighted by atomic mass is 16.1. The number of hydrogen-bond donors (Lipinski definition) is 3. The summed E-state index contributed by atoms with van der Waals surface area (Å²) >= 11 is 0. The molecule has 0 radical (unpaired) electrons. The van der Waals surface area contributed by atoms with Gasteiger partial charge in [0.05, 0.1) is 11.7 Å². The van der Waals surface area contributed by atoms with Gasteiger partial charge in [0.25, 0.3) is 5.91 Å². The zero-order valence-corrected chi connectivity index (χ0v) is 10.1. The van der Waals surface area contributed by atoms with Gasteiger partial charge in [-0.05, 0) is 36.4 Å². The Morgan fingerprint density at radius 1 is 1.16 bits per heavy atom. The number of aromatic amines is 1. The molecule has 0 bridgehead atoms. The number of nitrogen functional groups attached to an aromatic ring is 1. The average Bonchev–Trinajstić information content (AvgIpc) is 2.88. The third-order valence-electron chi connectivity index (χ3n) is 2.87. The van der Waals surface area contributed by atoms with Crippen molar-refractivity contribution in [1.29, 1.82) is 0 Å². The lowest BCUT2D eigenvalue weighted by Crippen LogP contribution is -2.11. The van der Waals surface area contributed by atoms with E-state index in [1.165, 1.54) is 0 Å². The molecule has 94 valence electrons. The van der Waals surface area contributed by atoms with E-state index in [2.05, 4.69) is 15.5 Å². The zero-order valence-electron chi connectivity index (χ0n) is 10.1. The minimum atomic E-state index is -0.165. The molecule has 5 heteroatoms. The first-order valence-corrected chi connectivity index (χ1v) is 5.82. The lowest BCUT2D eigenvalue weighted by atomic mass is 10.1. The van der Waals surface area contributed by atoms with Gasteiger partial charge in [-0.25, -0.2) is 0 Å². The van der Waals surface area contributed by atoms with Crippen LogP contribution in [0.25, 0.3) is 10.9 Å². The maximum atomic E-state index is 12.1. The second-order valence-corrected chi connectivity index (χ2v) is 4.25. The topological polar surface area (TPSA) is 83.8 Å². The van der Waals surface area contributed by atoms with Gasteiger partial charge in [-0.3, -0.25) is 9.89 Å². The number of nitrogens with two attached hydrogens (primary N) is 1. The average molecular weight is 252 g/mol. The molecular formula is C14H12N4O. The Kier molecular flexibility index (Phi) is 2.64. The Morgan fingerprint density at radius 3 is 2.74 bits per heavy atom. The molecule has 3 aromatic rings. The van der Waals surface area contributed by atoms with Gasteiger partial charge >= 0.3 is 0 Å². The van der Waals surface area contributed by atoms with E-state index in [-0.39, 0.29) is 5.91 Å². The third-order valence-corrected chi connectivity index (χ3v) is 2.87. The number of hydrogen-bond acceptors (Lipinski definition) is 3. The molecule has 3 rings (SSSR count). The monoisotopic (exact) mass is 252 g/mol. The number of aromatic nitrogens is 2. The van der Waals surface area contributed by atoms with E-state index in [4.69, 9.17) is 5.73 Å². The lowest BCUT2D eigenvalue weighted by Gasteiger charge is -2.05. The number of amides is 1. The Labute approximate surface area is 109 Å². The number of nitrogens with zero attached hydrogens (tertiary/aromatic N) is 1. The number of rotatable bonds is 2. The van der Waals surface area contributed by atoms with E-state index < -0.39 is 0 Å². The van der Waals surface area contributed by atoms with Gasteiger partial charge in [-0.2, -0.15) is 5.10 Å². The van der Waals surface area contributed by atoms with Gasteiger partial charge < -0.3 is 11.1 Å². The molecule has 0 fully saturated rings. The molecule has 2 aromatic carbocycles. The maximum absolute atomic E-state index is 12.1. The third kappa shape index (κ3) is 2.26. The Bertz CT molecular complexity index is 731. The highest BCUT2D eigenvalue weighted by molar-refractivity contribution is 6.06. The molecule has 0 aliphatic rings. The van der Waals surface area contributed by atoms with Crippen molar-refractivity contribution in [3.8, 4) is 0 Å². The van der Waals surface area contributed by atoms with Crippen LogP contribution in [0, 0.1) is 0 Å². The standard InChI is InChI=1S/C14H12N4O/c15-11-3-5-12(6-4-11)17-14(19)9-1-2-10-8-16-18-13(10)7-9/h1-8H,15H2,(H,16,18)(H,17,19). The molecular weight excluding hydrogens is 240 g/mol. The molecule has 1 aromatic heterocycles. The molecule has 5 nitrogen and oxygen atoms in total. The van der Waals surface area contributed by atoms with Crippen molar-refractivity contribution in [2.24, 2.45) is 0 Å². The van der Waals surface area contributed by atoms with E-state index >= 15 is 0 Å². The van der Waals surface area contributed by atoms with Crippen LogP contribution in [0.5, 0.6) is 0 Å². The quantitative estimate of drug-likeness (QED) is 0.612. The van der Waals surface area contributed by atoms with E-state index in [0.29, 0.717) is 16.9 Å². The largest absolute Gasteiger partial charge is 0.399 e. The summed E-state index contributed by atoms with van der Waals surface area (Å²) in [5.74, 6) is -0.165. The minimum absolute atomic E-state index is 0.165. The molecule has 0 aliphatic carbocycles. The highest BCUT2D eigenvalue weighted by Crippen LogP contribution is 2.15. The smallest absolute Gasteiger partial charge is 0.255 e. The second-order valence-electron chi connectivity index (χ2n) is 4.25. The maximum Gasteiger partial charge on any atom is 0.255 e. The van der Waals surface area contributed by atoms with E-state index in [1.54, 1.807) is 42.6 Å². The van der Waals surface area contributed by atoms with Crippen LogP contribution in [-0.4, -0.2) is 16.1 Å². The molecule has 0 atom stereocenters. The van der Waals surface area contributed by atoms with Crippen LogP contribution in [-0.2, 0) is 0 Å². The van der Waals surface area contributed by atoms with Crippen LogP contribution < -0.4 is 11.1 Å². The summed E-state index contributed by atoms with van der Waals surface area (Å²) in [4.78, 5) is 12.1. The Balaban J connectivity index is 1.84. The summed E-state index contributed by atoms with van der Waals surface area (Å²) in [6, 6.07) is 12.4. The van der Waals surface area contributed by atoms with Crippen molar-refractivity contribution in [3.05, 3.63) is 54.2 Å². The molecule has 0 unspecified atom stereocenters. The van der Waals surface area contributed by atoms with E-state index in [0.717, 1.165) is 10.9 Å². The van der Waals surface area contributed by atoms with Crippen molar-refractivity contribution >= 4 is 28.2 Å². The van der Waals surface area contributed by atoms with Crippen molar-refractivity contribution in [1.82, 2.24) is 10.2 Å². The molecule has 1 amide bonds. The predicted octanol–water partition coefficient (Wildman–Crippen LogP) is 2.40. The number of carbonyl (C=O) groups is 1. The molecule has 0 saturated heterocycles. The van der Waals surface area contributed by atoms with Crippen LogP contribution in [0.15, 0.2) is 48.7 Å². The first kappa shape index (κ1) is 11.3. The molecule has 4 N–H and O–H groups in total.